The summed E-state index contributed by atoms with van der Waals surface area (Å²) in [5.41, 5.74) is -0.620. The summed E-state index contributed by atoms with van der Waals surface area (Å²) < 4.78 is 1.93. The summed E-state index contributed by atoms with van der Waals surface area (Å²) in [5.74, 6) is 1.45. The van der Waals surface area contributed by atoms with Crippen molar-refractivity contribution in [3.63, 3.8) is 0 Å². The maximum absolute atomic E-state index is 10.7. The average Bonchev–Trinajstić information content (AvgIpc) is 2.65. The molecule has 0 saturated heterocycles. The predicted molar refractivity (Wildman–Crippen MR) is 73.3 cm³/mol. The normalized spacial score (nSPS) is 12.3. The van der Waals surface area contributed by atoms with Crippen molar-refractivity contribution in [1.82, 2.24) is 14.8 Å². The summed E-state index contributed by atoms with van der Waals surface area (Å²) in [6.45, 7) is 9.41. The van der Waals surface area contributed by atoms with Gasteiger partial charge in [-0.05, 0) is 18.8 Å². The van der Waals surface area contributed by atoms with Gasteiger partial charge in [0.2, 0.25) is 0 Å². The Hall–Kier alpha value is -0.900. The lowest BCUT2D eigenvalue weighted by Crippen LogP contribution is -2.32. The minimum absolute atomic E-state index is 0.538. The van der Waals surface area contributed by atoms with E-state index in [2.05, 4.69) is 37.8 Å². The van der Waals surface area contributed by atoms with Crippen LogP contribution in [0.4, 0.5) is 0 Å². The molecule has 1 rings (SSSR count). The van der Waals surface area contributed by atoms with Crippen molar-refractivity contribution < 1.29 is 5.11 Å². The molecule has 0 fully saturated rings. The molecule has 0 saturated carbocycles. The SMILES string of the molecule is CCCC(O)(CCC)Cc1ncnn1CC(C)C. The fraction of sp³-hybridized carbons (Fsp3) is 0.857. The van der Waals surface area contributed by atoms with E-state index in [1.807, 2.05) is 4.68 Å². The third kappa shape index (κ3) is 4.41. The maximum atomic E-state index is 10.7. The van der Waals surface area contributed by atoms with E-state index < -0.39 is 5.60 Å². The largest absolute Gasteiger partial charge is 0.389 e. The summed E-state index contributed by atoms with van der Waals surface area (Å²) in [4.78, 5) is 4.31. The Labute approximate surface area is 110 Å². The molecule has 1 aromatic rings. The van der Waals surface area contributed by atoms with E-state index in [-0.39, 0.29) is 0 Å². The summed E-state index contributed by atoms with van der Waals surface area (Å²) in [6.07, 6.45) is 5.85. The number of nitrogens with zero attached hydrogens (tertiary/aromatic N) is 3. The first-order chi connectivity index (χ1) is 8.50. The molecule has 4 heteroatoms. The minimum atomic E-state index is -0.620. The zero-order valence-corrected chi connectivity index (χ0v) is 12.2. The Morgan fingerprint density at radius 1 is 1.28 bits per heavy atom. The van der Waals surface area contributed by atoms with E-state index in [9.17, 15) is 5.11 Å². The molecule has 0 spiro atoms. The van der Waals surface area contributed by atoms with E-state index in [0.29, 0.717) is 12.3 Å². The van der Waals surface area contributed by atoms with E-state index in [1.54, 1.807) is 6.33 Å². The van der Waals surface area contributed by atoms with Crippen LogP contribution < -0.4 is 0 Å². The molecular weight excluding hydrogens is 226 g/mol. The Morgan fingerprint density at radius 2 is 1.89 bits per heavy atom. The molecule has 0 bridgehead atoms. The van der Waals surface area contributed by atoms with Crippen molar-refractivity contribution in [2.45, 2.75) is 71.9 Å². The monoisotopic (exact) mass is 253 g/mol. The second kappa shape index (κ2) is 6.88. The van der Waals surface area contributed by atoms with Gasteiger partial charge in [-0.1, -0.05) is 40.5 Å². The van der Waals surface area contributed by atoms with E-state index >= 15 is 0 Å². The highest BCUT2D eigenvalue weighted by atomic mass is 16.3. The van der Waals surface area contributed by atoms with Crippen molar-refractivity contribution in [1.29, 1.82) is 0 Å². The molecule has 0 atom stereocenters. The molecular formula is C14H27N3O. The van der Waals surface area contributed by atoms with Gasteiger partial charge < -0.3 is 5.11 Å². The molecule has 0 amide bonds. The third-order valence-electron chi connectivity index (χ3n) is 3.15. The first kappa shape index (κ1) is 15.2. The minimum Gasteiger partial charge on any atom is -0.389 e. The molecule has 0 radical (unpaired) electrons. The molecule has 0 unspecified atom stereocenters. The van der Waals surface area contributed by atoms with Gasteiger partial charge in [-0.15, -0.1) is 0 Å². The Bertz CT molecular complexity index is 341. The molecule has 1 heterocycles. The van der Waals surface area contributed by atoms with Gasteiger partial charge in [-0.3, -0.25) is 0 Å². The lowest BCUT2D eigenvalue weighted by Gasteiger charge is -2.27. The van der Waals surface area contributed by atoms with Crippen LogP contribution in [0.3, 0.4) is 0 Å². The second-order valence-corrected chi connectivity index (χ2v) is 5.65. The van der Waals surface area contributed by atoms with E-state index in [1.165, 1.54) is 0 Å². The molecule has 0 aliphatic rings. The van der Waals surface area contributed by atoms with Gasteiger partial charge in [0.15, 0.2) is 0 Å². The lowest BCUT2D eigenvalue weighted by molar-refractivity contribution is 0.0186. The van der Waals surface area contributed by atoms with Crippen LogP contribution in [0.1, 0.15) is 59.2 Å². The van der Waals surface area contributed by atoms with Crippen LogP contribution in [0, 0.1) is 5.92 Å². The van der Waals surface area contributed by atoms with Crippen LogP contribution in [0.5, 0.6) is 0 Å². The van der Waals surface area contributed by atoms with Crippen molar-refractivity contribution in [2.75, 3.05) is 0 Å². The molecule has 4 nitrogen and oxygen atoms in total. The van der Waals surface area contributed by atoms with Gasteiger partial charge in [0.25, 0.3) is 0 Å². The van der Waals surface area contributed by atoms with Crippen molar-refractivity contribution in [3.05, 3.63) is 12.2 Å². The highest BCUT2D eigenvalue weighted by molar-refractivity contribution is 4.94. The summed E-state index contributed by atoms with van der Waals surface area (Å²) in [6, 6.07) is 0. The number of aliphatic hydroxyl groups is 1. The third-order valence-corrected chi connectivity index (χ3v) is 3.15. The molecule has 1 aromatic heterocycles. The van der Waals surface area contributed by atoms with Gasteiger partial charge in [0, 0.05) is 13.0 Å². The Morgan fingerprint density at radius 3 is 2.39 bits per heavy atom. The fourth-order valence-corrected chi connectivity index (χ4v) is 2.45. The topological polar surface area (TPSA) is 50.9 Å². The van der Waals surface area contributed by atoms with Gasteiger partial charge in [-0.2, -0.15) is 5.10 Å². The molecule has 0 aliphatic heterocycles. The zero-order chi connectivity index (χ0) is 13.6. The summed E-state index contributed by atoms with van der Waals surface area (Å²) in [7, 11) is 0. The highest BCUT2D eigenvalue weighted by Gasteiger charge is 2.27. The molecule has 0 aromatic carbocycles. The lowest BCUT2D eigenvalue weighted by atomic mass is 9.89. The average molecular weight is 253 g/mol. The Kier molecular flexibility index (Phi) is 5.79. The molecule has 18 heavy (non-hydrogen) atoms. The van der Waals surface area contributed by atoms with Gasteiger partial charge >= 0.3 is 0 Å². The number of aromatic nitrogens is 3. The number of rotatable bonds is 8. The number of hydrogen-bond donors (Lipinski definition) is 1. The highest BCUT2D eigenvalue weighted by Crippen LogP contribution is 2.23. The van der Waals surface area contributed by atoms with Gasteiger partial charge in [0.05, 0.1) is 5.60 Å². The van der Waals surface area contributed by atoms with Crippen LogP contribution in [0.25, 0.3) is 0 Å². The fourth-order valence-electron chi connectivity index (χ4n) is 2.45. The maximum Gasteiger partial charge on any atom is 0.138 e. The zero-order valence-electron chi connectivity index (χ0n) is 12.2. The molecule has 1 N–H and O–H groups in total. The van der Waals surface area contributed by atoms with Crippen LogP contribution >= 0.6 is 0 Å². The van der Waals surface area contributed by atoms with Crippen molar-refractivity contribution in [2.24, 2.45) is 5.92 Å². The van der Waals surface area contributed by atoms with Crippen molar-refractivity contribution in [3.8, 4) is 0 Å². The van der Waals surface area contributed by atoms with Crippen LogP contribution in [0.2, 0.25) is 0 Å². The van der Waals surface area contributed by atoms with E-state index in [0.717, 1.165) is 38.1 Å². The first-order valence-corrected chi connectivity index (χ1v) is 7.09. The second-order valence-electron chi connectivity index (χ2n) is 5.65. The molecule has 104 valence electrons. The quantitative estimate of drug-likeness (QED) is 0.775. The predicted octanol–water partition coefficient (Wildman–Crippen LogP) is 2.81. The molecule has 0 aliphatic carbocycles. The van der Waals surface area contributed by atoms with Crippen LogP contribution in [0.15, 0.2) is 6.33 Å². The Balaban J connectivity index is 2.77. The van der Waals surface area contributed by atoms with Crippen molar-refractivity contribution >= 4 is 0 Å². The smallest absolute Gasteiger partial charge is 0.138 e. The van der Waals surface area contributed by atoms with Crippen LogP contribution in [-0.4, -0.2) is 25.5 Å². The van der Waals surface area contributed by atoms with Gasteiger partial charge in [-0.25, -0.2) is 9.67 Å². The van der Waals surface area contributed by atoms with Gasteiger partial charge in [0.1, 0.15) is 12.2 Å². The number of hydrogen-bond acceptors (Lipinski definition) is 3. The van der Waals surface area contributed by atoms with Crippen LogP contribution in [-0.2, 0) is 13.0 Å². The standard InChI is InChI=1S/C14H27N3O/c1-5-7-14(18,8-6-2)9-13-15-11-16-17(13)10-12(3)4/h11-12,18H,5-10H2,1-4H3. The van der Waals surface area contributed by atoms with E-state index in [4.69, 9.17) is 0 Å². The summed E-state index contributed by atoms with van der Waals surface area (Å²) >= 11 is 0. The summed E-state index contributed by atoms with van der Waals surface area (Å²) in [5, 5.41) is 14.9. The first-order valence-electron chi connectivity index (χ1n) is 7.09.